The third-order valence-corrected chi connectivity index (χ3v) is 5.37. The molecular weight excluding hydrogens is 445 g/mol. The van der Waals surface area contributed by atoms with Gasteiger partial charge in [-0.3, -0.25) is 0 Å². The number of aliphatic hydroxyl groups excluding tert-OH is 1. The molecule has 1 unspecified atom stereocenters. The molecule has 2 aromatic rings. The molecule has 0 aliphatic heterocycles. The molecule has 0 aliphatic carbocycles. The van der Waals surface area contributed by atoms with Crippen LogP contribution >= 0.6 is 39.3 Å². The van der Waals surface area contributed by atoms with Gasteiger partial charge in [0.2, 0.25) is 0 Å². The van der Waals surface area contributed by atoms with Crippen molar-refractivity contribution in [1.82, 2.24) is 20.3 Å². The standard InChI is InChI=1S/C16H22BrClFN5OS/c1-3-9(8-25)7-20-5-6-21-15-10-12(22-16(24-15)26-4-2)11(19)14(18)23-13(10)17/h9,20,25H,3-8H2,1-2H3,(H,21,22,24). The van der Waals surface area contributed by atoms with Crippen LogP contribution in [0.15, 0.2) is 9.76 Å². The molecule has 10 heteroatoms. The van der Waals surface area contributed by atoms with Crippen LogP contribution in [0.5, 0.6) is 0 Å². The first-order valence-corrected chi connectivity index (χ1v) is 10.6. The first-order chi connectivity index (χ1) is 12.5. The lowest BCUT2D eigenvalue weighted by atomic mass is 10.1. The summed E-state index contributed by atoms with van der Waals surface area (Å²) in [6.45, 7) is 6.20. The fourth-order valence-corrected chi connectivity index (χ4v) is 3.72. The monoisotopic (exact) mass is 465 g/mol. The number of thioether (sulfide) groups is 1. The number of halogens is 3. The molecule has 26 heavy (non-hydrogen) atoms. The van der Waals surface area contributed by atoms with Gasteiger partial charge in [-0.05, 0) is 34.0 Å². The zero-order chi connectivity index (χ0) is 19.1. The minimum absolute atomic E-state index is 0.143. The van der Waals surface area contributed by atoms with Crippen molar-refractivity contribution < 1.29 is 9.50 Å². The first kappa shape index (κ1) is 21.6. The van der Waals surface area contributed by atoms with E-state index in [-0.39, 0.29) is 23.2 Å². The van der Waals surface area contributed by atoms with Crippen LogP contribution in [-0.4, -0.2) is 52.1 Å². The van der Waals surface area contributed by atoms with Gasteiger partial charge in [0.1, 0.15) is 15.9 Å². The maximum atomic E-state index is 14.4. The van der Waals surface area contributed by atoms with E-state index in [1.54, 1.807) is 0 Å². The molecule has 2 rings (SSSR count). The number of nitrogens with zero attached hydrogens (tertiary/aromatic N) is 3. The van der Waals surface area contributed by atoms with Crippen LogP contribution in [0, 0.1) is 11.7 Å². The third kappa shape index (κ3) is 5.39. The molecule has 0 aliphatic rings. The summed E-state index contributed by atoms with van der Waals surface area (Å²) in [5.41, 5.74) is 0.143. The molecule has 2 aromatic heterocycles. The highest BCUT2D eigenvalue weighted by atomic mass is 79.9. The summed E-state index contributed by atoms with van der Waals surface area (Å²) >= 11 is 10.6. The lowest BCUT2D eigenvalue weighted by Gasteiger charge is -2.14. The summed E-state index contributed by atoms with van der Waals surface area (Å²) < 4.78 is 14.8. The number of anilines is 1. The Hall–Kier alpha value is -0.740. The topological polar surface area (TPSA) is 83.0 Å². The number of aromatic nitrogens is 3. The zero-order valence-corrected chi connectivity index (χ0v) is 17.8. The van der Waals surface area contributed by atoms with Crippen molar-refractivity contribution in [3.05, 3.63) is 15.6 Å². The highest BCUT2D eigenvalue weighted by molar-refractivity contribution is 9.10. The molecule has 3 N–H and O–H groups in total. The summed E-state index contributed by atoms with van der Waals surface area (Å²) in [5.74, 6) is 0.877. The van der Waals surface area contributed by atoms with Crippen LogP contribution in [0.3, 0.4) is 0 Å². The molecule has 1 atom stereocenters. The predicted molar refractivity (Wildman–Crippen MR) is 109 cm³/mol. The van der Waals surface area contributed by atoms with Crippen molar-refractivity contribution in [3.8, 4) is 0 Å². The van der Waals surface area contributed by atoms with E-state index in [0.717, 1.165) is 18.7 Å². The molecule has 6 nitrogen and oxygen atoms in total. The summed E-state index contributed by atoms with van der Waals surface area (Å²) in [6.07, 6.45) is 0.920. The Bertz CT molecular complexity index is 750. The van der Waals surface area contributed by atoms with Crippen LogP contribution < -0.4 is 10.6 Å². The van der Waals surface area contributed by atoms with Gasteiger partial charge in [-0.15, -0.1) is 0 Å². The van der Waals surface area contributed by atoms with Crippen molar-refractivity contribution in [1.29, 1.82) is 0 Å². The number of rotatable bonds is 10. The fraction of sp³-hybridized carbons (Fsp3) is 0.562. The van der Waals surface area contributed by atoms with Gasteiger partial charge in [0.25, 0.3) is 0 Å². The Kier molecular flexibility index (Phi) is 8.75. The smallest absolute Gasteiger partial charge is 0.190 e. The van der Waals surface area contributed by atoms with Crippen LogP contribution in [-0.2, 0) is 0 Å². The molecule has 0 radical (unpaired) electrons. The van der Waals surface area contributed by atoms with Crippen molar-refractivity contribution in [2.24, 2.45) is 5.92 Å². The predicted octanol–water partition coefficient (Wildman–Crippen LogP) is 3.71. The number of aliphatic hydroxyl groups is 1. The second-order valence-electron chi connectivity index (χ2n) is 5.61. The first-order valence-electron chi connectivity index (χ1n) is 8.42. The maximum Gasteiger partial charge on any atom is 0.190 e. The molecule has 0 saturated heterocycles. The second kappa shape index (κ2) is 10.6. The summed E-state index contributed by atoms with van der Waals surface area (Å²) in [7, 11) is 0. The van der Waals surface area contributed by atoms with E-state index in [0.29, 0.717) is 34.1 Å². The highest BCUT2D eigenvalue weighted by Gasteiger charge is 2.18. The molecule has 0 spiro atoms. The van der Waals surface area contributed by atoms with Gasteiger partial charge >= 0.3 is 0 Å². The molecule has 0 saturated carbocycles. The molecule has 0 amide bonds. The van der Waals surface area contributed by atoms with Crippen molar-refractivity contribution in [3.63, 3.8) is 0 Å². The Morgan fingerprint density at radius 2 is 2.04 bits per heavy atom. The minimum atomic E-state index is -0.653. The summed E-state index contributed by atoms with van der Waals surface area (Å²) in [6, 6.07) is 0. The van der Waals surface area contributed by atoms with E-state index >= 15 is 0 Å². The Morgan fingerprint density at radius 1 is 1.27 bits per heavy atom. The van der Waals surface area contributed by atoms with Gasteiger partial charge in [-0.25, -0.2) is 19.3 Å². The molecule has 144 valence electrons. The van der Waals surface area contributed by atoms with E-state index in [2.05, 4.69) is 41.5 Å². The van der Waals surface area contributed by atoms with Gasteiger partial charge < -0.3 is 15.7 Å². The fourth-order valence-electron chi connectivity index (χ4n) is 2.32. The van der Waals surface area contributed by atoms with Crippen LogP contribution in [0.1, 0.15) is 20.3 Å². The van der Waals surface area contributed by atoms with Crippen molar-refractivity contribution >= 4 is 56.0 Å². The Labute approximate surface area is 169 Å². The van der Waals surface area contributed by atoms with E-state index in [4.69, 9.17) is 11.6 Å². The van der Waals surface area contributed by atoms with E-state index in [1.807, 2.05) is 13.8 Å². The van der Waals surface area contributed by atoms with Gasteiger partial charge in [-0.1, -0.05) is 37.2 Å². The molecule has 0 aromatic carbocycles. The van der Waals surface area contributed by atoms with E-state index in [9.17, 15) is 9.50 Å². The molecular formula is C16H22BrClFN5OS. The normalized spacial score (nSPS) is 12.5. The van der Waals surface area contributed by atoms with Gasteiger partial charge in [0, 0.05) is 26.2 Å². The lowest BCUT2D eigenvalue weighted by Crippen LogP contribution is -2.29. The Morgan fingerprint density at radius 3 is 2.69 bits per heavy atom. The average molecular weight is 467 g/mol. The van der Waals surface area contributed by atoms with E-state index in [1.165, 1.54) is 11.8 Å². The van der Waals surface area contributed by atoms with Gasteiger partial charge in [0.05, 0.1) is 5.39 Å². The van der Waals surface area contributed by atoms with Crippen LogP contribution in [0.25, 0.3) is 10.9 Å². The quantitative estimate of drug-likeness (QED) is 0.213. The van der Waals surface area contributed by atoms with Crippen molar-refractivity contribution in [2.75, 3.05) is 37.3 Å². The number of pyridine rings is 1. The highest BCUT2D eigenvalue weighted by Crippen LogP contribution is 2.33. The summed E-state index contributed by atoms with van der Waals surface area (Å²) in [4.78, 5) is 12.7. The molecule has 0 fully saturated rings. The van der Waals surface area contributed by atoms with Gasteiger partial charge in [0.15, 0.2) is 16.1 Å². The van der Waals surface area contributed by atoms with Gasteiger partial charge in [-0.2, -0.15) is 0 Å². The SMILES string of the molecule is CCSc1nc(NCCNCC(CC)CO)c2c(Br)nc(Cl)c(F)c2n1. The number of nitrogens with one attached hydrogen (secondary N) is 2. The molecule has 0 bridgehead atoms. The average Bonchev–Trinajstić information content (AvgIpc) is 2.62. The Balaban J connectivity index is 2.18. The second-order valence-corrected chi connectivity index (χ2v) is 7.95. The zero-order valence-electron chi connectivity index (χ0n) is 14.7. The van der Waals surface area contributed by atoms with Crippen molar-refractivity contribution in [2.45, 2.75) is 25.4 Å². The number of fused-ring (bicyclic) bond motifs is 1. The minimum Gasteiger partial charge on any atom is -0.396 e. The van der Waals surface area contributed by atoms with Crippen LogP contribution in [0.2, 0.25) is 5.15 Å². The maximum absolute atomic E-state index is 14.4. The lowest BCUT2D eigenvalue weighted by molar-refractivity contribution is 0.219. The van der Waals surface area contributed by atoms with Crippen LogP contribution in [0.4, 0.5) is 10.2 Å². The molecule has 2 heterocycles. The number of hydrogen-bond acceptors (Lipinski definition) is 7. The third-order valence-electron chi connectivity index (χ3n) is 3.82. The largest absolute Gasteiger partial charge is 0.396 e. The van der Waals surface area contributed by atoms with E-state index < -0.39 is 5.82 Å². The summed E-state index contributed by atoms with van der Waals surface area (Å²) in [5, 5.41) is 16.4. The number of hydrogen-bond donors (Lipinski definition) is 3.